The van der Waals surface area contributed by atoms with Crippen LogP contribution in [0.2, 0.25) is 0 Å². The molecule has 1 aromatic carbocycles. The second-order valence-electron chi connectivity index (χ2n) is 6.46. The fourth-order valence-corrected chi connectivity index (χ4v) is 3.43. The topological polar surface area (TPSA) is 63.6 Å². The molecule has 1 aliphatic rings. The molecule has 2 N–H and O–H groups in total. The molecule has 0 saturated heterocycles. The molecule has 1 unspecified atom stereocenters. The number of aromatic nitrogens is 1. The summed E-state index contributed by atoms with van der Waals surface area (Å²) in [5.74, 6) is 1.25. The lowest BCUT2D eigenvalue weighted by atomic mass is 9.94. The fourth-order valence-electron chi connectivity index (χ4n) is 3.43. The summed E-state index contributed by atoms with van der Waals surface area (Å²) in [6, 6.07) is 7.87. The van der Waals surface area contributed by atoms with Gasteiger partial charge in [-0.15, -0.1) is 0 Å². The van der Waals surface area contributed by atoms with Gasteiger partial charge in [0.25, 0.3) is 0 Å². The van der Waals surface area contributed by atoms with Crippen molar-refractivity contribution in [2.24, 2.45) is 0 Å². The molecule has 5 nitrogen and oxygen atoms in total. The zero-order valence-electron chi connectivity index (χ0n) is 14.9. The van der Waals surface area contributed by atoms with E-state index in [-0.39, 0.29) is 0 Å². The van der Waals surface area contributed by atoms with Gasteiger partial charge in [0.05, 0.1) is 14.2 Å². The van der Waals surface area contributed by atoms with Crippen LogP contribution >= 0.6 is 0 Å². The number of nitrogens with zero attached hydrogens (tertiary/aromatic N) is 1. The highest BCUT2D eigenvalue weighted by molar-refractivity contribution is 5.55. The van der Waals surface area contributed by atoms with E-state index >= 15 is 0 Å². The van der Waals surface area contributed by atoms with Crippen molar-refractivity contribution in [3.63, 3.8) is 0 Å². The van der Waals surface area contributed by atoms with Gasteiger partial charge in [-0.25, -0.2) is 0 Å². The predicted octanol–water partition coefficient (Wildman–Crippen LogP) is 3.93. The van der Waals surface area contributed by atoms with E-state index in [1.54, 1.807) is 32.7 Å². The molecule has 0 spiro atoms. The molecule has 5 heteroatoms. The number of ether oxygens (including phenoxy) is 2. The third-order valence-electron chi connectivity index (χ3n) is 4.83. The number of pyridine rings is 1. The molecule has 0 aliphatic heterocycles. The van der Waals surface area contributed by atoms with Gasteiger partial charge >= 0.3 is 0 Å². The Morgan fingerprint density at radius 2 is 1.84 bits per heavy atom. The minimum Gasteiger partial charge on any atom is -0.493 e. The average Bonchev–Trinajstić information content (AvgIpc) is 2.68. The van der Waals surface area contributed by atoms with Crippen LogP contribution in [-0.2, 0) is 0 Å². The van der Waals surface area contributed by atoms with Gasteiger partial charge in [-0.3, -0.25) is 4.98 Å². The molecule has 1 aromatic heterocycles. The molecule has 1 atom stereocenters. The van der Waals surface area contributed by atoms with E-state index in [2.05, 4.69) is 10.3 Å². The van der Waals surface area contributed by atoms with Crippen molar-refractivity contribution in [3.05, 3.63) is 47.8 Å². The highest BCUT2D eigenvalue weighted by Crippen LogP contribution is 2.34. The molecule has 134 valence electrons. The largest absolute Gasteiger partial charge is 0.493 e. The van der Waals surface area contributed by atoms with Gasteiger partial charge in [0, 0.05) is 29.7 Å². The molecule has 0 bridgehead atoms. The first kappa shape index (κ1) is 17.5. The number of anilines is 1. The number of hydrogen-bond acceptors (Lipinski definition) is 5. The Balaban J connectivity index is 1.85. The highest BCUT2D eigenvalue weighted by Gasteiger charge is 2.20. The van der Waals surface area contributed by atoms with Crippen LogP contribution in [0.25, 0.3) is 0 Å². The summed E-state index contributed by atoms with van der Waals surface area (Å²) >= 11 is 0. The zero-order valence-corrected chi connectivity index (χ0v) is 14.9. The lowest BCUT2D eigenvalue weighted by Crippen LogP contribution is -2.23. The van der Waals surface area contributed by atoms with Gasteiger partial charge in [-0.2, -0.15) is 0 Å². The lowest BCUT2D eigenvalue weighted by Gasteiger charge is -2.26. The molecule has 1 aliphatic carbocycles. The number of nitrogens with one attached hydrogen (secondary N) is 1. The molecule has 0 radical (unpaired) electrons. The molecule has 1 heterocycles. The van der Waals surface area contributed by atoms with Gasteiger partial charge in [0.1, 0.15) is 6.10 Å². The third kappa shape index (κ3) is 4.04. The number of benzene rings is 1. The number of rotatable bonds is 6. The quantitative estimate of drug-likeness (QED) is 0.833. The predicted molar refractivity (Wildman–Crippen MR) is 98.3 cm³/mol. The average molecular weight is 342 g/mol. The summed E-state index contributed by atoms with van der Waals surface area (Å²) < 4.78 is 10.6. The summed E-state index contributed by atoms with van der Waals surface area (Å²) in [6.07, 6.45) is 8.90. The smallest absolute Gasteiger partial charge is 0.161 e. The van der Waals surface area contributed by atoms with Gasteiger partial charge < -0.3 is 19.9 Å². The first-order valence-electron chi connectivity index (χ1n) is 8.83. The van der Waals surface area contributed by atoms with E-state index < -0.39 is 6.10 Å². The van der Waals surface area contributed by atoms with Crippen molar-refractivity contribution in [2.75, 3.05) is 19.5 Å². The molecule has 2 aromatic rings. The molecular formula is C20H26N2O3. The van der Waals surface area contributed by atoms with E-state index in [4.69, 9.17) is 9.47 Å². The molecule has 25 heavy (non-hydrogen) atoms. The van der Waals surface area contributed by atoms with Gasteiger partial charge in [0.15, 0.2) is 11.5 Å². The van der Waals surface area contributed by atoms with Crippen molar-refractivity contribution < 1.29 is 14.6 Å². The second kappa shape index (κ2) is 8.21. The van der Waals surface area contributed by atoms with Gasteiger partial charge in [-0.1, -0.05) is 25.3 Å². The summed E-state index contributed by atoms with van der Waals surface area (Å²) in [7, 11) is 3.19. The van der Waals surface area contributed by atoms with Crippen molar-refractivity contribution in [1.82, 2.24) is 4.98 Å². The third-order valence-corrected chi connectivity index (χ3v) is 4.83. The molecule has 1 saturated carbocycles. The van der Waals surface area contributed by atoms with Crippen molar-refractivity contribution in [3.8, 4) is 11.5 Å². The van der Waals surface area contributed by atoms with Crippen LogP contribution in [0.1, 0.15) is 49.3 Å². The number of hydrogen-bond donors (Lipinski definition) is 2. The van der Waals surface area contributed by atoms with Crippen molar-refractivity contribution in [1.29, 1.82) is 0 Å². The maximum atomic E-state index is 10.9. The maximum Gasteiger partial charge on any atom is 0.161 e. The summed E-state index contributed by atoms with van der Waals surface area (Å²) in [5.41, 5.74) is 2.47. The SMILES string of the molecule is COc1ccc(C(O)c2cnccc2NC2CCCCC2)cc1OC. The Morgan fingerprint density at radius 1 is 1.08 bits per heavy atom. The Morgan fingerprint density at radius 3 is 2.56 bits per heavy atom. The number of methoxy groups -OCH3 is 2. The second-order valence-corrected chi connectivity index (χ2v) is 6.46. The monoisotopic (exact) mass is 342 g/mol. The Hall–Kier alpha value is -2.27. The highest BCUT2D eigenvalue weighted by atomic mass is 16.5. The van der Waals surface area contributed by atoms with E-state index in [1.165, 1.54) is 32.1 Å². The first-order chi connectivity index (χ1) is 12.2. The van der Waals surface area contributed by atoms with E-state index in [9.17, 15) is 5.11 Å². The first-order valence-corrected chi connectivity index (χ1v) is 8.83. The van der Waals surface area contributed by atoms with Gasteiger partial charge in [-0.05, 0) is 36.6 Å². The standard InChI is InChI=1S/C20H26N2O3/c1-24-18-9-8-14(12-19(18)25-2)20(23)16-13-21-11-10-17(16)22-15-6-4-3-5-7-15/h8-13,15,20,23H,3-7H2,1-2H3,(H,21,22). The summed E-state index contributed by atoms with van der Waals surface area (Å²) in [5, 5.41) is 14.5. The minimum atomic E-state index is -0.778. The van der Waals surface area contributed by atoms with Gasteiger partial charge in [0.2, 0.25) is 0 Å². The van der Waals surface area contributed by atoms with Crippen LogP contribution in [0, 0.1) is 0 Å². The summed E-state index contributed by atoms with van der Waals surface area (Å²) in [6.45, 7) is 0. The molecule has 3 rings (SSSR count). The van der Waals surface area contributed by atoms with Crippen molar-refractivity contribution >= 4 is 5.69 Å². The summed E-state index contributed by atoms with van der Waals surface area (Å²) in [4.78, 5) is 4.21. The van der Waals surface area contributed by atoms with Crippen LogP contribution in [-0.4, -0.2) is 30.4 Å². The molecule has 1 fully saturated rings. The Bertz CT molecular complexity index is 699. The van der Waals surface area contributed by atoms with Crippen molar-refractivity contribution in [2.45, 2.75) is 44.2 Å². The van der Waals surface area contributed by atoms with Crippen LogP contribution in [0.3, 0.4) is 0 Å². The Kier molecular flexibility index (Phi) is 5.76. The molecular weight excluding hydrogens is 316 g/mol. The lowest BCUT2D eigenvalue weighted by molar-refractivity contribution is 0.219. The van der Waals surface area contributed by atoms with Crippen LogP contribution in [0.5, 0.6) is 11.5 Å². The Labute approximate surface area is 149 Å². The minimum absolute atomic E-state index is 0.465. The fraction of sp³-hybridized carbons (Fsp3) is 0.450. The van der Waals surface area contributed by atoms with E-state index in [0.29, 0.717) is 17.5 Å². The maximum absolute atomic E-state index is 10.9. The van der Waals surface area contributed by atoms with Crippen LogP contribution in [0.4, 0.5) is 5.69 Å². The number of aliphatic hydroxyl groups is 1. The zero-order chi connectivity index (χ0) is 17.6. The van der Waals surface area contributed by atoms with Crippen LogP contribution in [0.15, 0.2) is 36.7 Å². The molecule has 0 amide bonds. The normalized spacial score (nSPS) is 16.3. The van der Waals surface area contributed by atoms with E-state index in [0.717, 1.165) is 16.8 Å². The van der Waals surface area contributed by atoms with E-state index in [1.807, 2.05) is 18.2 Å². The number of aliphatic hydroxyl groups excluding tert-OH is 1. The van der Waals surface area contributed by atoms with Crippen LogP contribution < -0.4 is 14.8 Å².